The average molecular weight is 567 g/mol. The molecule has 4 atom stereocenters. The number of halogens is 3. The van der Waals surface area contributed by atoms with E-state index in [4.69, 9.17) is 44.3 Å². The van der Waals surface area contributed by atoms with E-state index in [2.05, 4.69) is 24.4 Å². The normalized spacial score (nSPS) is 22.2. The van der Waals surface area contributed by atoms with Crippen molar-refractivity contribution >= 4 is 58.2 Å². The summed E-state index contributed by atoms with van der Waals surface area (Å²) in [7, 11) is 0. The first kappa shape index (κ1) is 27.3. The number of carbonyl (C=O) groups excluding carboxylic acids is 1. The van der Waals surface area contributed by atoms with E-state index in [9.17, 15) is 9.90 Å². The zero-order valence-electron chi connectivity index (χ0n) is 19.4. The number of amides is 1. The average Bonchev–Trinajstić information content (AvgIpc) is 2.88. The minimum absolute atomic E-state index is 0.0177. The summed E-state index contributed by atoms with van der Waals surface area (Å²) in [6.07, 6.45) is -1.03. The smallest absolute Gasteiger partial charge is 0.276 e. The Kier molecular flexibility index (Phi) is 9.23. The van der Waals surface area contributed by atoms with Gasteiger partial charge in [0.15, 0.2) is 6.29 Å². The van der Waals surface area contributed by atoms with Crippen LogP contribution in [0, 0.1) is 5.92 Å². The van der Waals surface area contributed by atoms with Crippen molar-refractivity contribution in [3.8, 4) is 0 Å². The van der Waals surface area contributed by atoms with Crippen LogP contribution in [0.1, 0.15) is 36.0 Å². The van der Waals surface area contributed by atoms with Gasteiger partial charge in [-0.05, 0) is 35.4 Å². The van der Waals surface area contributed by atoms with E-state index >= 15 is 0 Å². The molecular weight excluding hydrogens is 541 g/mol. The molecule has 190 valence electrons. The van der Waals surface area contributed by atoms with Crippen LogP contribution in [0.15, 0.2) is 83.8 Å². The number of benzene rings is 3. The van der Waals surface area contributed by atoms with Crippen LogP contribution >= 0.6 is 46.6 Å². The highest BCUT2D eigenvalue weighted by Crippen LogP contribution is 2.43. The van der Waals surface area contributed by atoms with Gasteiger partial charge in [0.2, 0.25) is 0 Å². The summed E-state index contributed by atoms with van der Waals surface area (Å²) in [5.74, 6) is 0.0485. The van der Waals surface area contributed by atoms with Crippen molar-refractivity contribution in [1.29, 1.82) is 0 Å². The summed E-state index contributed by atoms with van der Waals surface area (Å²) in [6.45, 7) is 2.10. The van der Waals surface area contributed by atoms with Gasteiger partial charge in [-0.3, -0.25) is 4.79 Å². The first-order valence-electron chi connectivity index (χ1n) is 11.4. The van der Waals surface area contributed by atoms with Crippen LogP contribution in [0.2, 0.25) is 0 Å². The molecule has 36 heavy (non-hydrogen) atoms. The van der Waals surface area contributed by atoms with Gasteiger partial charge < -0.3 is 19.9 Å². The van der Waals surface area contributed by atoms with Gasteiger partial charge in [0, 0.05) is 27.8 Å². The van der Waals surface area contributed by atoms with Gasteiger partial charge in [0.25, 0.3) is 9.70 Å². The topological polar surface area (TPSA) is 67.8 Å². The Labute approximate surface area is 230 Å². The molecule has 1 aliphatic heterocycles. The second-order valence-corrected chi connectivity index (χ2v) is 11.9. The van der Waals surface area contributed by atoms with Crippen LogP contribution in [-0.2, 0) is 20.9 Å². The lowest BCUT2D eigenvalue weighted by molar-refractivity contribution is -0.268. The lowest BCUT2D eigenvalue weighted by Crippen LogP contribution is -2.38. The number of carbonyl (C=O) groups is 1. The zero-order valence-corrected chi connectivity index (χ0v) is 22.5. The number of thioether (sulfide) groups is 1. The van der Waals surface area contributed by atoms with Gasteiger partial charge in [-0.2, -0.15) is 0 Å². The monoisotopic (exact) mass is 565 g/mol. The number of aliphatic hydroxyl groups is 1. The first-order chi connectivity index (χ1) is 17.2. The fourth-order valence-corrected chi connectivity index (χ4v) is 5.20. The number of nitrogens with one attached hydrogen (secondary N) is 1. The molecule has 1 fully saturated rings. The molecule has 0 bridgehead atoms. The largest absolute Gasteiger partial charge is 0.392 e. The van der Waals surface area contributed by atoms with Crippen molar-refractivity contribution in [2.75, 3.05) is 11.1 Å². The van der Waals surface area contributed by atoms with E-state index in [0.29, 0.717) is 5.69 Å². The van der Waals surface area contributed by atoms with Gasteiger partial charge in [0.05, 0.1) is 18.8 Å². The standard InChI is InChI=1S/C27H26Cl3NO4S/c1-17-23(16-36-22-8-3-2-4-9-22)34-25(35-24(17)19-12-10-18(15-32)11-13-19)20-6-5-7-21(14-20)31-26(33)27(28,29)30/h2-14,17,23-25,32H,15-16H2,1H3,(H,31,33)/t17-,23+,24+,25+/m1/s1. The number of aliphatic hydroxyl groups excluding tert-OH is 1. The maximum Gasteiger partial charge on any atom is 0.276 e. The molecule has 1 heterocycles. The van der Waals surface area contributed by atoms with Crippen molar-refractivity contribution in [3.05, 3.63) is 95.6 Å². The highest BCUT2D eigenvalue weighted by atomic mass is 35.6. The summed E-state index contributed by atoms with van der Waals surface area (Å²) in [6, 6.07) is 25.1. The fourth-order valence-electron chi connectivity index (χ4n) is 3.97. The van der Waals surface area contributed by atoms with Gasteiger partial charge in [-0.1, -0.05) is 96.3 Å². The van der Waals surface area contributed by atoms with Crippen molar-refractivity contribution in [3.63, 3.8) is 0 Å². The molecule has 4 rings (SSSR count). The molecule has 0 aromatic heterocycles. The molecule has 0 spiro atoms. The molecule has 0 saturated carbocycles. The third kappa shape index (κ3) is 6.95. The molecule has 0 unspecified atom stereocenters. The molecular formula is C27H26Cl3NO4S. The summed E-state index contributed by atoms with van der Waals surface area (Å²) >= 11 is 18.8. The predicted molar refractivity (Wildman–Crippen MR) is 145 cm³/mol. The Hall–Kier alpha value is -1.77. The Bertz CT molecular complexity index is 1160. The van der Waals surface area contributed by atoms with Gasteiger partial charge in [0.1, 0.15) is 0 Å². The van der Waals surface area contributed by atoms with Crippen LogP contribution in [-0.4, -0.2) is 26.7 Å². The molecule has 1 saturated heterocycles. The van der Waals surface area contributed by atoms with E-state index in [1.165, 1.54) is 0 Å². The molecule has 2 N–H and O–H groups in total. The van der Waals surface area contributed by atoms with Crippen molar-refractivity contribution in [1.82, 2.24) is 0 Å². The minimum atomic E-state index is -2.07. The fraction of sp³-hybridized carbons (Fsp3) is 0.296. The van der Waals surface area contributed by atoms with E-state index in [0.717, 1.165) is 27.3 Å². The molecule has 1 aliphatic rings. The Morgan fingerprint density at radius 2 is 1.69 bits per heavy atom. The van der Waals surface area contributed by atoms with E-state index < -0.39 is 16.0 Å². The Morgan fingerprint density at radius 3 is 2.36 bits per heavy atom. The lowest BCUT2D eigenvalue weighted by atomic mass is 9.91. The van der Waals surface area contributed by atoms with Crippen LogP contribution in [0.4, 0.5) is 5.69 Å². The molecule has 3 aromatic carbocycles. The van der Waals surface area contributed by atoms with E-state index in [1.807, 2.05) is 48.5 Å². The first-order valence-corrected chi connectivity index (χ1v) is 13.5. The summed E-state index contributed by atoms with van der Waals surface area (Å²) < 4.78 is 10.9. The molecule has 0 radical (unpaired) electrons. The highest BCUT2D eigenvalue weighted by molar-refractivity contribution is 7.99. The third-order valence-corrected chi connectivity index (χ3v) is 7.57. The summed E-state index contributed by atoms with van der Waals surface area (Å²) in [5, 5.41) is 12.0. The number of hydrogen-bond donors (Lipinski definition) is 2. The number of rotatable bonds is 7. The zero-order chi connectivity index (χ0) is 25.7. The number of hydrogen-bond acceptors (Lipinski definition) is 5. The van der Waals surface area contributed by atoms with Crippen LogP contribution in [0.3, 0.4) is 0 Å². The maximum atomic E-state index is 12.1. The second kappa shape index (κ2) is 12.2. The predicted octanol–water partition coefficient (Wildman–Crippen LogP) is 7.07. The molecule has 0 aliphatic carbocycles. The minimum Gasteiger partial charge on any atom is -0.392 e. The lowest BCUT2D eigenvalue weighted by Gasteiger charge is -2.41. The second-order valence-electron chi connectivity index (χ2n) is 8.52. The van der Waals surface area contributed by atoms with Crippen LogP contribution in [0.25, 0.3) is 0 Å². The van der Waals surface area contributed by atoms with Crippen molar-refractivity contribution < 1.29 is 19.4 Å². The molecule has 3 aromatic rings. The van der Waals surface area contributed by atoms with Crippen LogP contribution in [0.5, 0.6) is 0 Å². The van der Waals surface area contributed by atoms with Crippen LogP contribution < -0.4 is 5.32 Å². The molecule has 5 nitrogen and oxygen atoms in total. The number of anilines is 1. The Morgan fingerprint density at radius 1 is 0.972 bits per heavy atom. The Balaban J connectivity index is 1.59. The molecule has 9 heteroatoms. The van der Waals surface area contributed by atoms with Crippen molar-refractivity contribution in [2.45, 2.75) is 40.7 Å². The molecule has 1 amide bonds. The third-order valence-electron chi connectivity index (χ3n) is 5.95. The summed E-state index contributed by atoms with van der Waals surface area (Å²) in [4.78, 5) is 13.3. The van der Waals surface area contributed by atoms with Gasteiger partial charge in [-0.25, -0.2) is 0 Å². The van der Waals surface area contributed by atoms with Crippen molar-refractivity contribution in [2.24, 2.45) is 5.92 Å². The van der Waals surface area contributed by atoms with E-state index in [1.54, 1.807) is 30.0 Å². The quantitative estimate of drug-likeness (QED) is 0.236. The highest BCUT2D eigenvalue weighted by Gasteiger charge is 2.38. The van der Waals surface area contributed by atoms with E-state index in [-0.39, 0.29) is 24.7 Å². The maximum absolute atomic E-state index is 12.1. The number of alkyl halides is 3. The number of ether oxygens (including phenoxy) is 2. The van der Waals surface area contributed by atoms with Gasteiger partial charge in [-0.15, -0.1) is 11.8 Å². The SMILES string of the molecule is C[C@@H]1[C@H](CSc2ccccc2)O[C@H](c2cccc(NC(=O)C(Cl)(Cl)Cl)c2)O[C@@H]1c1ccc(CO)cc1. The van der Waals surface area contributed by atoms with Gasteiger partial charge >= 0.3 is 0 Å². The summed E-state index contributed by atoms with van der Waals surface area (Å²) in [5.41, 5.74) is 3.04.